The summed E-state index contributed by atoms with van der Waals surface area (Å²) < 4.78 is 5.22. The second kappa shape index (κ2) is 5.64. The fourth-order valence-electron chi connectivity index (χ4n) is 1.51. The summed E-state index contributed by atoms with van der Waals surface area (Å²) in [5, 5.41) is 7.70. The lowest BCUT2D eigenvalue weighted by Gasteiger charge is -2.18. The number of hydrogen-bond donors (Lipinski definition) is 0. The maximum absolute atomic E-state index is 12.2. The Bertz CT molecular complexity index is 511. The van der Waals surface area contributed by atoms with Gasteiger partial charge in [-0.15, -0.1) is 10.2 Å². The van der Waals surface area contributed by atoms with Crippen molar-refractivity contribution in [2.24, 2.45) is 0 Å². The minimum atomic E-state index is -0.196. The standard InChI is InChI=1S/C12H12ClN3O2/c1-2-16(8-9-4-3-7-18-9)12(17)10-5-6-11(13)15-14-10/h3-7H,2,8H2,1H3. The topological polar surface area (TPSA) is 59.2 Å². The second-order valence-corrected chi connectivity index (χ2v) is 4.03. The summed E-state index contributed by atoms with van der Waals surface area (Å²) in [7, 11) is 0. The van der Waals surface area contributed by atoms with Gasteiger partial charge in [0.2, 0.25) is 0 Å². The molecule has 0 spiro atoms. The Morgan fingerprint density at radius 3 is 2.78 bits per heavy atom. The van der Waals surface area contributed by atoms with Crippen LogP contribution in [0, 0.1) is 0 Å². The number of amides is 1. The molecule has 0 radical (unpaired) electrons. The van der Waals surface area contributed by atoms with Crippen molar-refractivity contribution in [2.45, 2.75) is 13.5 Å². The zero-order valence-electron chi connectivity index (χ0n) is 9.84. The molecule has 0 saturated carbocycles. The van der Waals surface area contributed by atoms with Crippen LogP contribution in [-0.4, -0.2) is 27.5 Å². The van der Waals surface area contributed by atoms with Crippen LogP contribution in [-0.2, 0) is 6.54 Å². The molecule has 0 aliphatic rings. The molecule has 0 N–H and O–H groups in total. The van der Waals surface area contributed by atoms with Crippen LogP contribution in [0.4, 0.5) is 0 Å². The fourth-order valence-corrected chi connectivity index (χ4v) is 1.61. The van der Waals surface area contributed by atoms with Gasteiger partial charge in [0, 0.05) is 6.54 Å². The Labute approximate surface area is 109 Å². The molecule has 2 aromatic heterocycles. The van der Waals surface area contributed by atoms with Gasteiger partial charge in [0.05, 0.1) is 12.8 Å². The number of nitrogens with zero attached hydrogens (tertiary/aromatic N) is 3. The molecule has 0 saturated heterocycles. The third kappa shape index (κ3) is 2.87. The average molecular weight is 266 g/mol. The SMILES string of the molecule is CCN(Cc1ccco1)C(=O)c1ccc(Cl)nn1. The van der Waals surface area contributed by atoms with Crippen molar-refractivity contribution >= 4 is 17.5 Å². The zero-order valence-corrected chi connectivity index (χ0v) is 10.6. The molecule has 18 heavy (non-hydrogen) atoms. The average Bonchev–Trinajstić information content (AvgIpc) is 2.89. The monoisotopic (exact) mass is 265 g/mol. The van der Waals surface area contributed by atoms with E-state index in [1.807, 2.05) is 13.0 Å². The lowest BCUT2D eigenvalue weighted by molar-refractivity contribution is 0.0734. The number of aromatic nitrogens is 2. The van der Waals surface area contributed by atoms with Crippen molar-refractivity contribution in [3.8, 4) is 0 Å². The summed E-state index contributed by atoms with van der Waals surface area (Å²) in [4.78, 5) is 13.8. The highest BCUT2D eigenvalue weighted by atomic mass is 35.5. The van der Waals surface area contributed by atoms with Crippen LogP contribution in [0.25, 0.3) is 0 Å². The Kier molecular flexibility index (Phi) is 3.94. The highest BCUT2D eigenvalue weighted by molar-refractivity contribution is 6.29. The summed E-state index contributed by atoms with van der Waals surface area (Å²) in [6.45, 7) is 2.86. The number of hydrogen-bond acceptors (Lipinski definition) is 4. The summed E-state index contributed by atoms with van der Waals surface area (Å²) >= 11 is 5.63. The van der Waals surface area contributed by atoms with Gasteiger partial charge < -0.3 is 9.32 Å². The van der Waals surface area contributed by atoms with E-state index < -0.39 is 0 Å². The van der Waals surface area contributed by atoms with Crippen LogP contribution in [0.15, 0.2) is 34.9 Å². The highest BCUT2D eigenvalue weighted by Gasteiger charge is 2.17. The molecule has 2 rings (SSSR count). The van der Waals surface area contributed by atoms with E-state index in [0.717, 1.165) is 5.76 Å². The molecule has 94 valence electrons. The van der Waals surface area contributed by atoms with E-state index in [-0.39, 0.29) is 16.8 Å². The molecule has 0 atom stereocenters. The maximum atomic E-state index is 12.2. The number of halogens is 1. The number of carbonyl (C=O) groups is 1. The number of furan rings is 1. The van der Waals surface area contributed by atoms with Crippen molar-refractivity contribution in [2.75, 3.05) is 6.54 Å². The molecular formula is C12H12ClN3O2. The third-order valence-electron chi connectivity index (χ3n) is 2.45. The molecule has 1 amide bonds. The van der Waals surface area contributed by atoms with E-state index in [1.165, 1.54) is 0 Å². The van der Waals surface area contributed by atoms with Gasteiger partial charge >= 0.3 is 0 Å². The minimum Gasteiger partial charge on any atom is -0.467 e. The van der Waals surface area contributed by atoms with E-state index in [9.17, 15) is 4.79 Å². The molecule has 0 aromatic carbocycles. The van der Waals surface area contributed by atoms with Gasteiger partial charge in [-0.25, -0.2) is 0 Å². The number of rotatable bonds is 4. The molecule has 0 bridgehead atoms. The van der Waals surface area contributed by atoms with Crippen molar-refractivity contribution < 1.29 is 9.21 Å². The maximum Gasteiger partial charge on any atom is 0.274 e. The van der Waals surface area contributed by atoms with Gasteiger partial charge in [-0.3, -0.25) is 4.79 Å². The fraction of sp³-hybridized carbons (Fsp3) is 0.250. The Morgan fingerprint density at radius 2 is 2.22 bits per heavy atom. The lowest BCUT2D eigenvalue weighted by Crippen LogP contribution is -2.31. The van der Waals surface area contributed by atoms with Gasteiger partial charge in [-0.05, 0) is 31.2 Å². The third-order valence-corrected chi connectivity index (χ3v) is 2.65. The highest BCUT2D eigenvalue weighted by Crippen LogP contribution is 2.10. The predicted molar refractivity (Wildman–Crippen MR) is 66.2 cm³/mol. The van der Waals surface area contributed by atoms with Crippen molar-refractivity contribution in [3.05, 3.63) is 47.1 Å². The minimum absolute atomic E-state index is 0.196. The molecule has 0 fully saturated rings. The van der Waals surface area contributed by atoms with E-state index in [1.54, 1.807) is 29.4 Å². The van der Waals surface area contributed by atoms with Gasteiger partial charge in [-0.2, -0.15) is 0 Å². The first-order valence-electron chi connectivity index (χ1n) is 5.51. The smallest absolute Gasteiger partial charge is 0.274 e. The summed E-state index contributed by atoms with van der Waals surface area (Å²) in [5.41, 5.74) is 0.271. The molecule has 0 aliphatic carbocycles. The predicted octanol–water partition coefficient (Wildman–Crippen LogP) is 2.39. The van der Waals surface area contributed by atoms with E-state index in [4.69, 9.17) is 16.0 Å². The molecule has 6 heteroatoms. The lowest BCUT2D eigenvalue weighted by atomic mass is 10.3. The summed E-state index contributed by atoms with van der Waals surface area (Å²) in [6, 6.07) is 6.71. The molecule has 2 aromatic rings. The quantitative estimate of drug-likeness (QED) is 0.852. The van der Waals surface area contributed by atoms with Crippen LogP contribution in [0.2, 0.25) is 5.15 Å². The van der Waals surface area contributed by atoms with Gasteiger partial charge in [-0.1, -0.05) is 11.6 Å². The largest absolute Gasteiger partial charge is 0.467 e. The molecule has 5 nitrogen and oxygen atoms in total. The van der Waals surface area contributed by atoms with Crippen LogP contribution >= 0.6 is 11.6 Å². The Hall–Kier alpha value is -1.88. The van der Waals surface area contributed by atoms with E-state index in [0.29, 0.717) is 13.1 Å². The van der Waals surface area contributed by atoms with Crippen LogP contribution < -0.4 is 0 Å². The Morgan fingerprint density at radius 1 is 1.39 bits per heavy atom. The Balaban J connectivity index is 2.12. The molecule has 0 unspecified atom stereocenters. The van der Waals surface area contributed by atoms with Gasteiger partial charge in [0.15, 0.2) is 10.8 Å². The van der Waals surface area contributed by atoms with Crippen LogP contribution in [0.5, 0.6) is 0 Å². The first kappa shape index (κ1) is 12.6. The van der Waals surface area contributed by atoms with Crippen LogP contribution in [0.3, 0.4) is 0 Å². The first-order chi connectivity index (χ1) is 8.70. The van der Waals surface area contributed by atoms with Crippen molar-refractivity contribution in [1.29, 1.82) is 0 Å². The zero-order chi connectivity index (χ0) is 13.0. The summed E-state index contributed by atoms with van der Waals surface area (Å²) in [5.74, 6) is 0.533. The molecule has 2 heterocycles. The van der Waals surface area contributed by atoms with Gasteiger partial charge in [0.1, 0.15) is 5.76 Å². The van der Waals surface area contributed by atoms with Crippen molar-refractivity contribution in [1.82, 2.24) is 15.1 Å². The van der Waals surface area contributed by atoms with Crippen LogP contribution in [0.1, 0.15) is 23.2 Å². The second-order valence-electron chi connectivity index (χ2n) is 3.64. The number of carbonyl (C=O) groups excluding carboxylic acids is 1. The summed E-state index contributed by atoms with van der Waals surface area (Å²) in [6.07, 6.45) is 1.58. The molecular weight excluding hydrogens is 254 g/mol. The normalized spacial score (nSPS) is 10.3. The van der Waals surface area contributed by atoms with Crippen molar-refractivity contribution in [3.63, 3.8) is 0 Å². The van der Waals surface area contributed by atoms with E-state index in [2.05, 4.69) is 10.2 Å². The van der Waals surface area contributed by atoms with Gasteiger partial charge in [0.25, 0.3) is 5.91 Å². The first-order valence-corrected chi connectivity index (χ1v) is 5.89. The van der Waals surface area contributed by atoms with E-state index >= 15 is 0 Å². The molecule has 0 aliphatic heterocycles.